The van der Waals surface area contributed by atoms with Crippen molar-refractivity contribution >= 4 is 85.1 Å². The van der Waals surface area contributed by atoms with Gasteiger partial charge in [0.1, 0.15) is 5.75 Å². The Morgan fingerprint density at radius 2 is 1.93 bits per heavy atom. The maximum absolute atomic E-state index is 13.3. The molecule has 2 amide bonds. The Labute approximate surface area is 267 Å². The third-order valence-electron chi connectivity index (χ3n) is 6.44. The number of ether oxygens (including phenoxy) is 1. The first-order chi connectivity index (χ1) is 20.6. The van der Waals surface area contributed by atoms with Crippen LogP contribution in [0.5, 0.6) is 5.75 Å². The topological polar surface area (TPSA) is 117 Å². The van der Waals surface area contributed by atoms with Gasteiger partial charge in [-0.2, -0.15) is 0 Å². The standard InChI is InChI=1S/C30H29BrClN5O5S/c1-4-35(5-2)22-12-10-19(26(17-22)42-18-28(38)33-20-8-7-9-23(15-20)37(40)41)14-27-29(39)36(6-3)30(43-27)34-21-11-13-24(31)25(32)16-21/h7-17H,4-6,18H2,1-3H3,(H,33,38)/b27-14-,34-30?. The van der Waals surface area contributed by atoms with E-state index in [0.29, 0.717) is 38.6 Å². The Kier molecular flexibility index (Phi) is 10.8. The highest BCUT2D eigenvalue weighted by atomic mass is 79.9. The molecule has 4 rings (SSSR count). The van der Waals surface area contributed by atoms with Crippen molar-refractivity contribution in [2.24, 2.45) is 4.99 Å². The minimum atomic E-state index is -0.531. The van der Waals surface area contributed by atoms with E-state index in [1.807, 2.05) is 39.0 Å². The predicted octanol–water partition coefficient (Wildman–Crippen LogP) is 7.50. The summed E-state index contributed by atoms with van der Waals surface area (Å²) in [5, 5.41) is 14.7. The fourth-order valence-corrected chi connectivity index (χ4v) is 5.74. The van der Waals surface area contributed by atoms with E-state index < -0.39 is 10.8 Å². The molecular weight excluding hydrogens is 658 g/mol. The maximum Gasteiger partial charge on any atom is 0.271 e. The number of benzene rings is 3. The van der Waals surface area contributed by atoms with Crippen molar-refractivity contribution in [1.82, 2.24) is 4.90 Å². The first kappa shape index (κ1) is 32.1. The molecule has 3 aromatic rings. The third kappa shape index (κ3) is 7.95. The van der Waals surface area contributed by atoms with E-state index in [0.717, 1.165) is 23.2 Å². The van der Waals surface area contributed by atoms with Crippen molar-refractivity contribution in [2.75, 3.05) is 36.5 Å². The van der Waals surface area contributed by atoms with Gasteiger partial charge in [-0.3, -0.25) is 24.6 Å². The van der Waals surface area contributed by atoms with E-state index in [2.05, 4.69) is 31.1 Å². The van der Waals surface area contributed by atoms with Gasteiger partial charge in [0.15, 0.2) is 11.8 Å². The molecule has 0 spiro atoms. The lowest BCUT2D eigenvalue weighted by molar-refractivity contribution is -0.384. The minimum Gasteiger partial charge on any atom is -0.483 e. The maximum atomic E-state index is 13.3. The van der Waals surface area contributed by atoms with Crippen LogP contribution in [0.2, 0.25) is 5.02 Å². The summed E-state index contributed by atoms with van der Waals surface area (Å²) in [7, 11) is 0. The number of nitro benzene ring substituents is 1. The summed E-state index contributed by atoms with van der Waals surface area (Å²) < 4.78 is 6.72. The van der Waals surface area contributed by atoms with Crippen LogP contribution in [0.1, 0.15) is 26.3 Å². The molecule has 224 valence electrons. The van der Waals surface area contributed by atoms with Crippen molar-refractivity contribution < 1.29 is 19.2 Å². The largest absolute Gasteiger partial charge is 0.483 e. The van der Waals surface area contributed by atoms with Gasteiger partial charge >= 0.3 is 0 Å². The molecule has 1 fully saturated rings. The molecule has 1 N–H and O–H groups in total. The zero-order chi connectivity index (χ0) is 31.1. The summed E-state index contributed by atoms with van der Waals surface area (Å²) in [6, 6.07) is 16.6. The lowest BCUT2D eigenvalue weighted by Crippen LogP contribution is -2.28. The number of non-ortho nitro benzene ring substituents is 1. The molecule has 0 atom stereocenters. The van der Waals surface area contributed by atoms with E-state index in [1.165, 1.54) is 30.0 Å². The lowest BCUT2D eigenvalue weighted by atomic mass is 10.1. The molecule has 13 heteroatoms. The van der Waals surface area contributed by atoms with Crippen molar-refractivity contribution in [3.05, 3.63) is 90.7 Å². The number of hydrogen-bond donors (Lipinski definition) is 1. The number of rotatable bonds is 11. The van der Waals surface area contributed by atoms with E-state index >= 15 is 0 Å². The van der Waals surface area contributed by atoms with Gasteiger partial charge in [-0.05, 0) is 90.9 Å². The Hall–Kier alpha value is -3.87. The second-order valence-electron chi connectivity index (χ2n) is 9.19. The molecule has 1 aliphatic heterocycles. The number of hydrogen-bond acceptors (Lipinski definition) is 8. The summed E-state index contributed by atoms with van der Waals surface area (Å²) in [6.07, 6.45) is 1.73. The van der Waals surface area contributed by atoms with Crippen LogP contribution in [0.15, 0.2) is 75.0 Å². The first-order valence-electron chi connectivity index (χ1n) is 13.4. The fraction of sp³-hybridized carbons (Fsp3) is 0.233. The highest BCUT2D eigenvalue weighted by molar-refractivity contribution is 9.10. The van der Waals surface area contributed by atoms with Crippen LogP contribution in [0, 0.1) is 10.1 Å². The number of nitrogens with one attached hydrogen (secondary N) is 1. The number of amidine groups is 1. The van der Waals surface area contributed by atoms with E-state index in [-0.39, 0.29) is 23.9 Å². The number of carbonyl (C=O) groups is 2. The predicted molar refractivity (Wildman–Crippen MR) is 176 cm³/mol. The smallest absolute Gasteiger partial charge is 0.271 e. The molecule has 0 unspecified atom stereocenters. The Morgan fingerprint density at radius 1 is 1.16 bits per heavy atom. The lowest BCUT2D eigenvalue weighted by Gasteiger charge is -2.22. The van der Waals surface area contributed by atoms with Gasteiger partial charge in [-0.25, -0.2) is 4.99 Å². The summed E-state index contributed by atoms with van der Waals surface area (Å²) in [5.41, 5.74) is 2.28. The number of carbonyl (C=O) groups excluding carboxylic acids is 2. The van der Waals surface area contributed by atoms with Gasteiger partial charge in [-0.1, -0.05) is 17.7 Å². The molecule has 1 saturated heterocycles. The second kappa shape index (κ2) is 14.5. The van der Waals surface area contributed by atoms with Gasteiger partial charge in [0.25, 0.3) is 17.5 Å². The van der Waals surface area contributed by atoms with E-state index in [4.69, 9.17) is 16.3 Å². The van der Waals surface area contributed by atoms with Gasteiger partial charge in [0, 0.05) is 59.2 Å². The van der Waals surface area contributed by atoms with Gasteiger partial charge in [0.05, 0.1) is 20.5 Å². The van der Waals surface area contributed by atoms with Crippen LogP contribution < -0.4 is 15.0 Å². The zero-order valence-electron chi connectivity index (χ0n) is 23.7. The van der Waals surface area contributed by atoms with Crippen molar-refractivity contribution in [3.8, 4) is 5.75 Å². The fourth-order valence-electron chi connectivity index (χ4n) is 4.27. The number of aliphatic imine (C=N–C) groups is 1. The average Bonchev–Trinajstić information content (AvgIpc) is 3.28. The number of likely N-dealkylation sites (N-methyl/N-ethyl adjacent to an activating group) is 1. The first-order valence-corrected chi connectivity index (χ1v) is 15.4. The molecule has 0 bridgehead atoms. The van der Waals surface area contributed by atoms with Crippen LogP contribution in [0.4, 0.5) is 22.7 Å². The van der Waals surface area contributed by atoms with Crippen LogP contribution in [0.3, 0.4) is 0 Å². The van der Waals surface area contributed by atoms with Gasteiger partial charge in [0.2, 0.25) is 0 Å². The summed E-state index contributed by atoms with van der Waals surface area (Å²) in [4.78, 5) is 45.5. The molecule has 43 heavy (non-hydrogen) atoms. The molecule has 1 heterocycles. The SMILES string of the molecule is CCN1C(=O)/C(=C/c2ccc(N(CC)CC)cc2OCC(=O)Nc2cccc([N+](=O)[O-])c2)SC1=Nc1ccc(Br)c(Cl)c1. The molecule has 0 aromatic heterocycles. The Bertz CT molecular complexity index is 1610. The zero-order valence-corrected chi connectivity index (χ0v) is 26.8. The molecular formula is C30H29BrClN5O5S. The van der Waals surface area contributed by atoms with Crippen molar-refractivity contribution in [2.45, 2.75) is 20.8 Å². The normalized spacial score (nSPS) is 14.8. The summed E-state index contributed by atoms with van der Waals surface area (Å²) in [5.74, 6) is -0.275. The molecule has 0 radical (unpaired) electrons. The average molecular weight is 687 g/mol. The summed E-state index contributed by atoms with van der Waals surface area (Å²) >= 11 is 10.9. The van der Waals surface area contributed by atoms with Gasteiger partial charge < -0.3 is 15.0 Å². The Morgan fingerprint density at radius 3 is 2.60 bits per heavy atom. The molecule has 3 aromatic carbocycles. The molecule has 1 aliphatic rings. The number of halogens is 2. The van der Waals surface area contributed by atoms with Crippen LogP contribution >= 0.6 is 39.3 Å². The van der Waals surface area contributed by atoms with E-state index in [1.54, 1.807) is 35.2 Å². The third-order valence-corrected chi connectivity index (χ3v) is 8.68. The molecule has 0 saturated carbocycles. The quantitative estimate of drug-likeness (QED) is 0.126. The number of amides is 2. The number of thioether (sulfide) groups is 1. The number of nitro groups is 1. The minimum absolute atomic E-state index is 0.134. The number of nitrogens with zero attached hydrogens (tertiary/aromatic N) is 4. The Balaban J connectivity index is 1.61. The van der Waals surface area contributed by atoms with Crippen LogP contribution in [-0.2, 0) is 9.59 Å². The van der Waals surface area contributed by atoms with E-state index in [9.17, 15) is 19.7 Å². The second-order valence-corrected chi connectivity index (χ2v) is 11.5. The monoisotopic (exact) mass is 685 g/mol. The van der Waals surface area contributed by atoms with Crippen molar-refractivity contribution in [3.63, 3.8) is 0 Å². The van der Waals surface area contributed by atoms with Crippen LogP contribution in [-0.4, -0.2) is 53.0 Å². The highest BCUT2D eigenvalue weighted by Gasteiger charge is 2.32. The van der Waals surface area contributed by atoms with Gasteiger partial charge in [-0.15, -0.1) is 0 Å². The molecule has 10 nitrogen and oxygen atoms in total. The summed E-state index contributed by atoms with van der Waals surface area (Å²) in [6.45, 7) is 7.57. The molecule has 0 aliphatic carbocycles. The highest BCUT2D eigenvalue weighted by Crippen LogP contribution is 2.37. The van der Waals surface area contributed by atoms with Crippen molar-refractivity contribution in [1.29, 1.82) is 0 Å². The van der Waals surface area contributed by atoms with Crippen LogP contribution in [0.25, 0.3) is 6.08 Å². The number of anilines is 2.